The second-order valence-corrected chi connectivity index (χ2v) is 5.51. The topological polar surface area (TPSA) is 89.0 Å². The highest BCUT2D eigenvalue weighted by atomic mass is 35.5. The van der Waals surface area contributed by atoms with E-state index in [0.29, 0.717) is 27.6 Å². The largest absolute Gasteiger partial charge is 0.497 e. The summed E-state index contributed by atoms with van der Waals surface area (Å²) in [7, 11) is 2.97. The van der Waals surface area contributed by atoms with Crippen molar-refractivity contribution in [2.45, 2.75) is 0 Å². The van der Waals surface area contributed by atoms with Gasteiger partial charge in [-0.2, -0.15) is 5.10 Å². The van der Waals surface area contributed by atoms with Crippen LogP contribution in [0.4, 0.5) is 0 Å². The predicted octanol–water partition coefficient (Wildman–Crippen LogP) is 2.24. The number of benzene rings is 2. The van der Waals surface area contributed by atoms with E-state index in [4.69, 9.17) is 21.1 Å². The second-order valence-electron chi connectivity index (χ2n) is 5.10. The molecule has 0 heterocycles. The second kappa shape index (κ2) is 9.43. The highest BCUT2D eigenvalue weighted by Crippen LogP contribution is 2.22. The van der Waals surface area contributed by atoms with E-state index >= 15 is 0 Å². The molecule has 0 aromatic heterocycles. The van der Waals surface area contributed by atoms with Crippen LogP contribution in [0, 0.1) is 0 Å². The van der Waals surface area contributed by atoms with Crippen LogP contribution in [0.2, 0.25) is 5.02 Å². The summed E-state index contributed by atoms with van der Waals surface area (Å²) in [4.78, 5) is 23.9. The number of hydrogen-bond acceptors (Lipinski definition) is 5. The van der Waals surface area contributed by atoms with Crippen LogP contribution in [0.1, 0.15) is 15.9 Å². The fraction of sp³-hybridized carbons (Fsp3) is 0.167. The number of hydrazone groups is 1. The number of methoxy groups -OCH3 is 2. The zero-order chi connectivity index (χ0) is 18.9. The first-order valence-electron chi connectivity index (χ1n) is 7.61. The van der Waals surface area contributed by atoms with Gasteiger partial charge >= 0.3 is 0 Å². The highest BCUT2D eigenvalue weighted by molar-refractivity contribution is 6.33. The lowest BCUT2D eigenvalue weighted by Gasteiger charge is -2.08. The van der Waals surface area contributed by atoms with Crippen molar-refractivity contribution in [1.29, 1.82) is 0 Å². The molecule has 2 aromatic rings. The summed E-state index contributed by atoms with van der Waals surface area (Å²) < 4.78 is 10.2. The Kier molecular flexibility index (Phi) is 6.99. The quantitative estimate of drug-likeness (QED) is 0.573. The van der Waals surface area contributed by atoms with Crippen molar-refractivity contribution in [2.24, 2.45) is 5.10 Å². The molecule has 0 aliphatic carbocycles. The lowest BCUT2D eigenvalue weighted by atomic mass is 10.2. The molecule has 0 aliphatic rings. The summed E-state index contributed by atoms with van der Waals surface area (Å²) in [6.07, 6.45) is 1.43. The number of halogens is 1. The van der Waals surface area contributed by atoms with Gasteiger partial charge in [0, 0.05) is 22.2 Å². The average molecular weight is 376 g/mol. The number of amides is 2. The van der Waals surface area contributed by atoms with Crippen molar-refractivity contribution in [3.8, 4) is 11.5 Å². The molecular weight excluding hydrogens is 358 g/mol. The third-order valence-corrected chi connectivity index (χ3v) is 3.67. The van der Waals surface area contributed by atoms with E-state index in [1.54, 1.807) is 42.5 Å². The van der Waals surface area contributed by atoms with Crippen LogP contribution in [0.15, 0.2) is 47.6 Å². The lowest BCUT2D eigenvalue weighted by molar-refractivity contribution is -0.120. The minimum absolute atomic E-state index is 0.238. The summed E-state index contributed by atoms with van der Waals surface area (Å²) in [5.74, 6) is 0.0375. The van der Waals surface area contributed by atoms with E-state index in [1.807, 2.05) is 0 Å². The molecule has 2 rings (SSSR count). The van der Waals surface area contributed by atoms with Gasteiger partial charge in [-0.25, -0.2) is 5.43 Å². The fourth-order valence-electron chi connectivity index (χ4n) is 1.99. The van der Waals surface area contributed by atoms with Gasteiger partial charge in [0.1, 0.15) is 11.5 Å². The Morgan fingerprint density at radius 1 is 1.12 bits per heavy atom. The first-order valence-corrected chi connectivity index (χ1v) is 7.99. The van der Waals surface area contributed by atoms with E-state index < -0.39 is 11.8 Å². The van der Waals surface area contributed by atoms with Gasteiger partial charge in [-0.05, 0) is 18.2 Å². The van der Waals surface area contributed by atoms with Gasteiger partial charge < -0.3 is 14.8 Å². The molecule has 136 valence electrons. The standard InChI is InChI=1S/C18H18ClN3O4/c1-25-14-7-13(8-15(9-14)26-2)18(24)20-11-17(23)22-21-10-12-5-3-4-6-16(12)19/h3-10H,11H2,1-2H3,(H,20,24)(H,22,23)/b21-10-. The maximum atomic E-state index is 12.2. The van der Waals surface area contributed by atoms with Crippen LogP contribution in [0.3, 0.4) is 0 Å². The SMILES string of the molecule is COc1cc(OC)cc(C(=O)NCC(=O)N/N=C\c2ccccc2Cl)c1. The Labute approximate surface area is 155 Å². The predicted molar refractivity (Wildman–Crippen MR) is 99.1 cm³/mol. The molecule has 0 unspecified atom stereocenters. The third-order valence-electron chi connectivity index (χ3n) is 3.32. The van der Waals surface area contributed by atoms with Crippen LogP contribution in [-0.4, -0.2) is 38.8 Å². The molecule has 0 radical (unpaired) electrons. The van der Waals surface area contributed by atoms with Crippen LogP contribution >= 0.6 is 11.6 Å². The van der Waals surface area contributed by atoms with E-state index in [0.717, 1.165) is 0 Å². The molecule has 0 spiro atoms. The molecule has 26 heavy (non-hydrogen) atoms. The smallest absolute Gasteiger partial charge is 0.259 e. The number of hydrogen-bond donors (Lipinski definition) is 2. The van der Waals surface area contributed by atoms with Gasteiger partial charge in [-0.15, -0.1) is 0 Å². The number of carbonyl (C=O) groups is 2. The van der Waals surface area contributed by atoms with Crippen molar-refractivity contribution in [1.82, 2.24) is 10.7 Å². The minimum atomic E-state index is -0.475. The molecule has 0 saturated heterocycles. The number of nitrogens with one attached hydrogen (secondary N) is 2. The van der Waals surface area contributed by atoms with E-state index in [2.05, 4.69) is 15.8 Å². The molecule has 0 bridgehead atoms. The fourth-order valence-corrected chi connectivity index (χ4v) is 2.18. The van der Waals surface area contributed by atoms with E-state index in [-0.39, 0.29) is 6.54 Å². The van der Waals surface area contributed by atoms with Crippen LogP contribution in [0.5, 0.6) is 11.5 Å². The Morgan fingerprint density at radius 2 is 1.77 bits per heavy atom. The normalized spacial score (nSPS) is 10.4. The van der Waals surface area contributed by atoms with Gasteiger partial charge in [0.15, 0.2) is 0 Å². The van der Waals surface area contributed by atoms with E-state index in [9.17, 15) is 9.59 Å². The maximum absolute atomic E-state index is 12.2. The van der Waals surface area contributed by atoms with Crippen molar-refractivity contribution >= 4 is 29.6 Å². The Hall–Kier alpha value is -3.06. The maximum Gasteiger partial charge on any atom is 0.259 e. The number of ether oxygens (including phenoxy) is 2. The molecular formula is C18H18ClN3O4. The van der Waals surface area contributed by atoms with Gasteiger partial charge in [0.05, 0.1) is 27.0 Å². The summed E-state index contributed by atoms with van der Waals surface area (Å²) in [5.41, 5.74) is 3.30. The first-order chi connectivity index (χ1) is 12.5. The van der Waals surface area contributed by atoms with Crippen molar-refractivity contribution in [3.63, 3.8) is 0 Å². The Bertz CT molecular complexity index is 802. The molecule has 8 heteroatoms. The molecule has 0 saturated carbocycles. The molecule has 7 nitrogen and oxygen atoms in total. The zero-order valence-corrected chi connectivity index (χ0v) is 15.0. The van der Waals surface area contributed by atoms with Crippen molar-refractivity contribution in [2.75, 3.05) is 20.8 Å². The summed E-state index contributed by atoms with van der Waals surface area (Å²) in [6, 6.07) is 11.8. The first kappa shape index (κ1) is 19.3. The van der Waals surface area contributed by atoms with E-state index in [1.165, 1.54) is 20.4 Å². The molecule has 0 atom stereocenters. The minimum Gasteiger partial charge on any atom is -0.497 e. The Balaban J connectivity index is 1.89. The highest BCUT2D eigenvalue weighted by Gasteiger charge is 2.11. The number of carbonyl (C=O) groups excluding carboxylic acids is 2. The molecule has 2 aromatic carbocycles. The lowest BCUT2D eigenvalue weighted by Crippen LogP contribution is -2.34. The monoisotopic (exact) mass is 375 g/mol. The molecule has 2 N–H and O–H groups in total. The summed E-state index contributed by atoms with van der Waals surface area (Å²) in [6.45, 7) is -0.238. The zero-order valence-electron chi connectivity index (χ0n) is 14.3. The van der Waals surface area contributed by atoms with Crippen molar-refractivity contribution in [3.05, 3.63) is 58.6 Å². The molecule has 0 fully saturated rings. The molecule has 0 aliphatic heterocycles. The van der Waals surface area contributed by atoms with Gasteiger partial charge in [0.25, 0.3) is 11.8 Å². The van der Waals surface area contributed by atoms with Crippen LogP contribution in [-0.2, 0) is 4.79 Å². The number of nitrogens with zero attached hydrogens (tertiary/aromatic N) is 1. The average Bonchev–Trinajstić information content (AvgIpc) is 2.67. The van der Waals surface area contributed by atoms with Gasteiger partial charge in [-0.3, -0.25) is 9.59 Å². The summed E-state index contributed by atoms with van der Waals surface area (Å²) in [5, 5.41) is 6.83. The summed E-state index contributed by atoms with van der Waals surface area (Å²) >= 11 is 5.98. The van der Waals surface area contributed by atoms with Gasteiger partial charge in [0.2, 0.25) is 0 Å². The molecule has 2 amide bonds. The third kappa shape index (κ3) is 5.49. The van der Waals surface area contributed by atoms with Crippen LogP contribution < -0.4 is 20.2 Å². The van der Waals surface area contributed by atoms with Crippen molar-refractivity contribution < 1.29 is 19.1 Å². The Morgan fingerprint density at radius 3 is 2.38 bits per heavy atom. The number of rotatable bonds is 7. The van der Waals surface area contributed by atoms with Crippen LogP contribution in [0.25, 0.3) is 0 Å². The van der Waals surface area contributed by atoms with Gasteiger partial charge in [-0.1, -0.05) is 29.8 Å².